The molecule has 0 aromatic heterocycles. The van der Waals surface area contributed by atoms with Crippen LogP contribution in [0.25, 0.3) is 0 Å². The fraction of sp³-hybridized carbons (Fsp3) is 0.474. The van der Waals surface area contributed by atoms with Gasteiger partial charge in [0.2, 0.25) is 5.91 Å². The fourth-order valence-electron chi connectivity index (χ4n) is 2.89. The number of likely N-dealkylation sites (tertiary alicyclic amines) is 1. The highest BCUT2D eigenvalue weighted by Crippen LogP contribution is 2.22. The van der Waals surface area contributed by atoms with Crippen LogP contribution in [-0.4, -0.2) is 29.8 Å². The van der Waals surface area contributed by atoms with Crippen molar-refractivity contribution in [3.8, 4) is 11.8 Å². The summed E-state index contributed by atoms with van der Waals surface area (Å²) in [6.07, 6.45) is 3.31. The Hall–Kier alpha value is -2.28. The molecule has 2 amide bonds. The number of hydrogen-bond acceptors (Lipinski definition) is 2. The molecule has 1 saturated heterocycles. The molecule has 0 unspecified atom stereocenters. The summed E-state index contributed by atoms with van der Waals surface area (Å²) in [5.41, 5.74) is 1.99. The fourth-order valence-corrected chi connectivity index (χ4v) is 2.89. The monoisotopic (exact) mass is 312 g/mol. The molecule has 1 aliphatic heterocycles. The Morgan fingerprint density at radius 3 is 2.70 bits per heavy atom. The van der Waals surface area contributed by atoms with Crippen LogP contribution in [-0.2, 0) is 9.59 Å². The lowest BCUT2D eigenvalue weighted by Crippen LogP contribution is -2.37. The van der Waals surface area contributed by atoms with E-state index in [4.69, 9.17) is 0 Å². The van der Waals surface area contributed by atoms with Gasteiger partial charge >= 0.3 is 0 Å². The minimum atomic E-state index is -0.0804. The van der Waals surface area contributed by atoms with Crippen LogP contribution < -0.4 is 5.32 Å². The Morgan fingerprint density at radius 1 is 1.30 bits per heavy atom. The van der Waals surface area contributed by atoms with Crippen molar-refractivity contribution in [1.82, 2.24) is 4.90 Å². The summed E-state index contributed by atoms with van der Waals surface area (Å²) in [5, 5.41) is 2.94. The summed E-state index contributed by atoms with van der Waals surface area (Å²) in [6, 6.07) is 7.82. The second kappa shape index (κ2) is 8.38. The highest BCUT2D eigenvalue weighted by atomic mass is 16.2. The first-order chi connectivity index (χ1) is 11.1. The Labute approximate surface area is 138 Å². The molecule has 0 aliphatic carbocycles. The van der Waals surface area contributed by atoms with E-state index >= 15 is 0 Å². The van der Waals surface area contributed by atoms with Crippen LogP contribution in [0.3, 0.4) is 0 Å². The van der Waals surface area contributed by atoms with Crippen molar-refractivity contribution in [2.24, 2.45) is 5.92 Å². The van der Waals surface area contributed by atoms with Gasteiger partial charge < -0.3 is 10.2 Å². The van der Waals surface area contributed by atoms with E-state index in [0.29, 0.717) is 12.3 Å². The highest BCUT2D eigenvalue weighted by Gasteiger charge is 2.22. The molecule has 1 fully saturated rings. The average molecular weight is 312 g/mol. The Bertz CT molecular complexity index is 620. The molecule has 4 nitrogen and oxygen atoms in total. The quantitative estimate of drug-likeness (QED) is 0.869. The molecule has 0 atom stereocenters. The van der Waals surface area contributed by atoms with Crippen LogP contribution in [0, 0.1) is 24.7 Å². The molecular formula is C19H24N2O2. The van der Waals surface area contributed by atoms with Crippen molar-refractivity contribution in [2.75, 3.05) is 18.4 Å². The lowest BCUT2D eigenvalue weighted by Gasteiger charge is -2.30. The van der Waals surface area contributed by atoms with Gasteiger partial charge in [-0.1, -0.05) is 18.1 Å². The molecule has 4 heteroatoms. The Morgan fingerprint density at radius 2 is 2.04 bits per heavy atom. The lowest BCUT2D eigenvalue weighted by molar-refractivity contribution is -0.126. The van der Waals surface area contributed by atoms with E-state index in [1.54, 1.807) is 11.8 Å². The molecular weight excluding hydrogens is 288 g/mol. The van der Waals surface area contributed by atoms with Crippen molar-refractivity contribution in [1.29, 1.82) is 0 Å². The van der Waals surface area contributed by atoms with Gasteiger partial charge in [-0.3, -0.25) is 9.59 Å². The molecule has 1 aliphatic rings. The molecule has 1 N–H and O–H groups in total. The first-order valence-electron chi connectivity index (χ1n) is 8.16. The first-order valence-corrected chi connectivity index (χ1v) is 8.16. The molecule has 0 spiro atoms. The van der Waals surface area contributed by atoms with Gasteiger partial charge in [0.1, 0.15) is 0 Å². The molecule has 1 heterocycles. The van der Waals surface area contributed by atoms with Gasteiger partial charge in [0.25, 0.3) is 5.91 Å². The first kappa shape index (κ1) is 17.1. The minimum absolute atomic E-state index is 0.0611. The number of aryl methyl sites for hydroxylation is 1. The number of nitrogens with zero attached hydrogens (tertiary/aromatic N) is 1. The van der Waals surface area contributed by atoms with E-state index < -0.39 is 0 Å². The van der Waals surface area contributed by atoms with Crippen molar-refractivity contribution in [3.05, 3.63) is 29.8 Å². The maximum absolute atomic E-state index is 12.0. The zero-order chi connectivity index (χ0) is 16.7. The van der Waals surface area contributed by atoms with Gasteiger partial charge in [0, 0.05) is 25.2 Å². The number of hydrogen-bond donors (Lipinski definition) is 1. The van der Waals surface area contributed by atoms with Gasteiger partial charge in [-0.15, -0.1) is 0 Å². The molecule has 0 radical (unpaired) electrons. The van der Waals surface area contributed by atoms with Gasteiger partial charge in [0.15, 0.2) is 0 Å². The zero-order valence-corrected chi connectivity index (χ0v) is 13.9. The van der Waals surface area contributed by atoms with E-state index in [2.05, 4.69) is 17.2 Å². The molecule has 1 aromatic carbocycles. The van der Waals surface area contributed by atoms with Gasteiger partial charge in [0.05, 0.1) is 0 Å². The lowest BCUT2D eigenvalue weighted by atomic mass is 9.92. The summed E-state index contributed by atoms with van der Waals surface area (Å²) < 4.78 is 0. The van der Waals surface area contributed by atoms with Crippen molar-refractivity contribution in [3.63, 3.8) is 0 Å². The van der Waals surface area contributed by atoms with Gasteiger partial charge in [-0.2, -0.15) is 0 Å². The normalized spacial score (nSPS) is 14.8. The van der Waals surface area contributed by atoms with Crippen molar-refractivity contribution >= 4 is 17.5 Å². The third-order valence-electron chi connectivity index (χ3n) is 4.22. The van der Waals surface area contributed by atoms with Crippen molar-refractivity contribution in [2.45, 2.75) is 39.5 Å². The molecule has 122 valence electrons. The predicted molar refractivity (Wildman–Crippen MR) is 91.8 cm³/mol. The molecule has 2 rings (SSSR count). The van der Waals surface area contributed by atoms with E-state index in [9.17, 15) is 9.59 Å². The minimum Gasteiger partial charge on any atom is -0.332 e. The predicted octanol–water partition coefficient (Wildman–Crippen LogP) is 2.98. The Balaban J connectivity index is 1.71. The van der Waals surface area contributed by atoms with Crippen LogP contribution in [0.4, 0.5) is 5.69 Å². The van der Waals surface area contributed by atoms with Crippen LogP contribution in [0.1, 0.15) is 38.2 Å². The number of benzene rings is 1. The molecule has 1 aromatic rings. The third kappa shape index (κ3) is 5.45. The third-order valence-corrected chi connectivity index (χ3v) is 4.22. The smallest absolute Gasteiger partial charge is 0.298 e. The number of carbonyl (C=O) groups excluding carboxylic acids is 2. The van der Waals surface area contributed by atoms with E-state index in [0.717, 1.165) is 43.6 Å². The molecule has 0 saturated carbocycles. The molecule has 0 bridgehead atoms. The summed E-state index contributed by atoms with van der Waals surface area (Å²) in [4.78, 5) is 25.5. The second-order valence-electron chi connectivity index (χ2n) is 6.07. The SMILES string of the molecule is CC#CC(=O)N1CCC(CCC(=O)Nc2cccc(C)c2)CC1. The number of anilines is 1. The van der Waals surface area contributed by atoms with Gasteiger partial charge in [-0.05, 0) is 62.6 Å². The Kier molecular flexibility index (Phi) is 6.22. The van der Waals surface area contributed by atoms with E-state index in [1.165, 1.54) is 0 Å². The average Bonchev–Trinajstić information content (AvgIpc) is 2.54. The maximum Gasteiger partial charge on any atom is 0.298 e. The van der Waals surface area contributed by atoms with Crippen LogP contribution in [0.15, 0.2) is 24.3 Å². The summed E-state index contributed by atoms with van der Waals surface area (Å²) in [5.74, 6) is 5.73. The standard InChI is InChI=1S/C19H24N2O2/c1-3-5-19(23)21-12-10-16(11-13-21)8-9-18(22)20-17-7-4-6-15(2)14-17/h4,6-7,14,16H,8-13H2,1-2H3,(H,20,22). The van der Waals surface area contributed by atoms with E-state index in [-0.39, 0.29) is 11.8 Å². The highest BCUT2D eigenvalue weighted by molar-refractivity contribution is 5.93. The number of nitrogens with one attached hydrogen (secondary N) is 1. The second-order valence-corrected chi connectivity index (χ2v) is 6.07. The topological polar surface area (TPSA) is 49.4 Å². The van der Waals surface area contributed by atoms with Crippen LogP contribution in [0.2, 0.25) is 0 Å². The summed E-state index contributed by atoms with van der Waals surface area (Å²) >= 11 is 0. The van der Waals surface area contributed by atoms with Crippen LogP contribution >= 0.6 is 0 Å². The maximum atomic E-state index is 12.0. The van der Waals surface area contributed by atoms with Gasteiger partial charge in [-0.25, -0.2) is 0 Å². The zero-order valence-electron chi connectivity index (χ0n) is 13.9. The number of carbonyl (C=O) groups is 2. The number of piperidine rings is 1. The van der Waals surface area contributed by atoms with Crippen LogP contribution in [0.5, 0.6) is 0 Å². The largest absolute Gasteiger partial charge is 0.332 e. The summed E-state index contributed by atoms with van der Waals surface area (Å²) in [7, 11) is 0. The molecule has 23 heavy (non-hydrogen) atoms. The van der Waals surface area contributed by atoms with E-state index in [1.807, 2.05) is 31.2 Å². The van der Waals surface area contributed by atoms with Crippen molar-refractivity contribution < 1.29 is 9.59 Å². The summed E-state index contributed by atoms with van der Waals surface area (Å²) in [6.45, 7) is 5.18. The number of rotatable bonds is 4. The number of amides is 2.